The molecule has 1 fully saturated rings. The summed E-state index contributed by atoms with van der Waals surface area (Å²) in [5, 5.41) is 0. The van der Waals surface area contributed by atoms with E-state index in [1.807, 2.05) is 25.1 Å². The number of anilines is 1. The molecular weight excluding hydrogens is 425 g/mol. The maximum atomic E-state index is 13.5. The van der Waals surface area contributed by atoms with Crippen LogP contribution in [0.2, 0.25) is 0 Å². The van der Waals surface area contributed by atoms with Crippen LogP contribution in [-0.2, 0) is 9.47 Å². The first-order valence-electron chi connectivity index (χ1n) is 10.5. The van der Waals surface area contributed by atoms with E-state index in [4.69, 9.17) is 14.2 Å². The number of carbonyl (C=O) groups excluding carboxylic acids is 2. The van der Waals surface area contributed by atoms with Crippen molar-refractivity contribution in [1.82, 2.24) is 0 Å². The van der Waals surface area contributed by atoms with E-state index in [2.05, 4.69) is 0 Å². The number of methoxy groups -OCH3 is 1. The lowest BCUT2D eigenvalue weighted by Gasteiger charge is -2.28. The number of cyclic esters (lactones) is 1. The molecule has 0 bridgehead atoms. The van der Waals surface area contributed by atoms with Crippen LogP contribution in [0.25, 0.3) is 0 Å². The third-order valence-electron chi connectivity index (χ3n) is 5.59. The second-order valence-corrected chi connectivity index (χ2v) is 7.89. The molecule has 3 atom stereocenters. The second-order valence-electron chi connectivity index (χ2n) is 7.89. The molecule has 0 aliphatic carbocycles. The number of rotatable bonds is 6. The Morgan fingerprint density at radius 1 is 1.06 bits per heavy atom. The fourth-order valence-electron chi connectivity index (χ4n) is 3.93. The number of ether oxygens (including phenoxy) is 3. The molecule has 1 aliphatic rings. The van der Waals surface area contributed by atoms with Crippen molar-refractivity contribution < 1.29 is 28.2 Å². The van der Waals surface area contributed by atoms with Crippen molar-refractivity contribution >= 4 is 17.7 Å². The van der Waals surface area contributed by atoms with Crippen LogP contribution in [0.4, 0.5) is 14.9 Å². The van der Waals surface area contributed by atoms with Crippen molar-refractivity contribution in [2.75, 3.05) is 12.0 Å². The van der Waals surface area contributed by atoms with Crippen LogP contribution >= 0.6 is 0 Å². The van der Waals surface area contributed by atoms with Crippen molar-refractivity contribution in [3.8, 4) is 5.75 Å². The van der Waals surface area contributed by atoms with E-state index in [1.165, 1.54) is 29.2 Å². The topological polar surface area (TPSA) is 65.1 Å². The van der Waals surface area contributed by atoms with E-state index in [1.54, 1.807) is 44.4 Å². The van der Waals surface area contributed by atoms with Crippen LogP contribution in [0.1, 0.15) is 34.5 Å². The Bertz CT molecular complexity index is 1150. The highest BCUT2D eigenvalue weighted by Gasteiger charge is 2.47. The minimum absolute atomic E-state index is 0.413. The van der Waals surface area contributed by atoms with Crippen LogP contribution in [0.5, 0.6) is 5.75 Å². The molecule has 3 aromatic carbocycles. The van der Waals surface area contributed by atoms with Crippen LogP contribution in [0, 0.1) is 12.7 Å². The van der Waals surface area contributed by atoms with E-state index in [-0.39, 0.29) is 0 Å². The van der Waals surface area contributed by atoms with E-state index >= 15 is 0 Å². The van der Waals surface area contributed by atoms with Gasteiger partial charge in [-0.25, -0.2) is 14.0 Å². The lowest BCUT2D eigenvalue weighted by atomic mass is 9.97. The van der Waals surface area contributed by atoms with Gasteiger partial charge in [0.1, 0.15) is 23.7 Å². The van der Waals surface area contributed by atoms with Crippen LogP contribution in [-0.4, -0.2) is 31.4 Å². The minimum atomic E-state index is -0.787. The largest absolute Gasteiger partial charge is 0.497 e. The Morgan fingerprint density at radius 2 is 1.76 bits per heavy atom. The standard InChI is InChI=1S/C26H24FNO5/c1-16-5-4-6-19(15-16)25(29)32-17(2)24-23(18-7-13-22(31-3)14-8-18)28(26(30)33-24)21-11-9-20(27)10-12-21/h4-15,17,23-24H,1-3H3/t17?,23-,24-/m1/s1. The molecule has 0 radical (unpaired) electrons. The average molecular weight is 449 g/mol. The molecule has 7 heteroatoms. The molecule has 0 saturated carbocycles. The quantitative estimate of drug-likeness (QED) is 0.468. The smallest absolute Gasteiger partial charge is 0.415 e. The number of amides is 1. The van der Waals surface area contributed by atoms with Crippen molar-refractivity contribution in [3.05, 3.63) is 95.3 Å². The molecule has 6 nitrogen and oxygen atoms in total. The van der Waals surface area contributed by atoms with Crippen molar-refractivity contribution in [3.63, 3.8) is 0 Å². The van der Waals surface area contributed by atoms with Gasteiger partial charge in [-0.1, -0.05) is 29.8 Å². The van der Waals surface area contributed by atoms with E-state index in [0.29, 0.717) is 17.0 Å². The Hall–Kier alpha value is -3.87. The summed E-state index contributed by atoms with van der Waals surface area (Å²) >= 11 is 0. The Labute approximate surface area is 191 Å². The zero-order valence-corrected chi connectivity index (χ0v) is 18.5. The highest BCUT2D eigenvalue weighted by atomic mass is 19.1. The first-order chi connectivity index (χ1) is 15.9. The number of hydrogen-bond acceptors (Lipinski definition) is 5. The van der Waals surface area contributed by atoms with Crippen LogP contribution < -0.4 is 9.64 Å². The molecule has 3 aromatic rings. The number of benzene rings is 3. The van der Waals surface area contributed by atoms with Gasteiger partial charge in [-0.15, -0.1) is 0 Å². The number of hydrogen-bond donors (Lipinski definition) is 0. The molecule has 33 heavy (non-hydrogen) atoms. The summed E-state index contributed by atoms with van der Waals surface area (Å²) in [6.45, 7) is 3.58. The van der Waals surface area contributed by atoms with Gasteiger partial charge in [0.05, 0.1) is 12.7 Å². The maximum Gasteiger partial charge on any atom is 0.415 e. The van der Waals surface area contributed by atoms with Crippen LogP contribution in [0.15, 0.2) is 72.8 Å². The molecule has 4 rings (SSSR count). The maximum absolute atomic E-state index is 13.5. The normalized spacial score (nSPS) is 18.5. The van der Waals surface area contributed by atoms with Crippen molar-refractivity contribution in [2.24, 2.45) is 0 Å². The van der Waals surface area contributed by atoms with Crippen molar-refractivity contribution in [1.29, 1.82) is 0 Å². The minimum Gasteiger partial charge on any atom is -0.497 e. The fourth-order valence-corrected chi connectivity index (χ4v) is 3.93. The summed E-state index contributed by atoms with van der Waals surface area (Å²) in [7, 11) is 1.57. The lowest BCUT2D eigenvalue weighted by molar-refractivity contribution is -0.00994. The number of esters is 1. The number of carbonyl (C=O) groups is 2. The molecule has 1 heterocycles. The molecular formula is C26H24FNO5. The van der Waals surface area contributed by atoms with Gasteiger partial charge in [0.15, 0.2) is 6.10 Å². The molecule has 0 N–H and O–H groups in total. The predicted octanol–water partition coefficient (Wildman–Crippen LogP) is 5.45. The zero-order chi connectivity index (χ0) is 23.5. The van der Waals surface area contributed by atoms with Gasteiger partial charge in [0.2, 0.25) is 0 Å². The van der Waals surface area contributed by atoms with Crippen molar-refractivity contribution in [2.45, 2.75) is 32.1 Å². The Morgan fingerprint density at radius 3 is 2.39 bits per heavy atom. The summed E-state index contributed by atoms with van der Waals surface area (Å²) in [6, 6.07) is 19.3. The first-order valence-corrected chi connectivity index (χ1v) is 10.5. The van der Waals surface area contributed by atoms with Gasteiger partial charge in [0.25, 0.3) is 0 Å². The highest BCUT2D eigenvalue weighted by Crippen LogP contribution is 2.40. The highest BCUT2D eigenvalue weighted by molar-refractivity contribution is 5.92. The average Bonchev–Trinajstić information content (AvgIpc) is 3.16. The predicted molar refractivity (Wildman–Crippen MR) is 121 cm³/mol. The SMILES string of the molecule is COc1ccc([C@@H]2[C@@H](C(C)OC(=O)c3cccc(C)c3)OC(=O)N2c2ccc(F)cc2)cc1. The van der Waals surface area contributed by atoms with E-state index in [9.17, 15) is 14.0 Å². The van der Waals surface area contributed by atoms with E-state index < -0.39 is 36.1 Å². The van der Waals surface area contributed by atoms with Gasteiger partial charge in [-0.2, -0.15) is 0 Å². The summed E-state index contributed by atoms with van der Waals surface area (Å²) in [5.41, 5.74) is 2.59. The summed E-state index contributed by atoms with van der Waals surface area (Å²) in [4.78, 5) is 27.1. The molecule has 0 spiro atoms. The molecule has 1 amide bonds. The third-order valence-corrected chi connectivity index (χ3v) is 5.59. The number of nitrogens with zero attached hydrogens (tertiary/aromatic N) is 1. The van der Waals surface area contributed by atoms with E-state index in [0.717, 1.165) is 11.1 Å². The number of aryl methyl sites for hydroxylation is 1. The van der Waals surface area contributed by atoms with Gasteiger partial charge in [0, 0.05) is 5.69 Å². The summed E-state index contributed by atoms with van der Waals surface area (Å²) in [5.74, 6) is -0.256. The third kappa shape index (κ3) is 4.67. The van der Waals surface area contributed by atoms with Gasteiger partial charge >= 0.3 is 12.1 Å². The Kier molecular flexibility index (Phi) is 6.31. The lowest BCUT2D eigenvalue weighted by Crippen LogP contribution is -2.36. The molecule has 1 unspecified atom stereocenters. The molecule has 0 aromatic heterocycles. The van der Waals surface area contributed by atoms with Gasteiger partial charge in [-0.3, -0.25) is 4.90 Å². The molecule has 1 aliphatic heterocycles. The number of halogens is 1. The first kappa shape index (κ1) is 22.3. The van der Waals surface area contributed by atoms with Gasteiger partial charge < -0.3 is 14.2 Å². The fraction of sp³-hybridized carbons (Fsp3) is 0.231. The molecule has 170 valence electrons. The zero-order valence-electron chi connectivity index (χ0n) is 18.5. The monoisotopic (exact) mass is 449 g/mol. The summed E-state index contributed by atoms with van der Waals surface area (Å²) in [6.07, 6.45) is -2.14. The molecule has 1 saturated heterocycles. The Balaban J connectivity index is 1.66. The summed E-state index contributed by atoms with van der Waals surface area (Å²) < 4.78 is 30.1. The van der Waals surface area contributed by atoms with Crippen LogP contribution in [0.3, 0.4) is 0 Å². The second kappa shape index (κ2) is 9.32. The van der Waals surface area contributed by atoms with Gasteiger partial charge in [-0.05, 0) is 67.9 Å².